The van der Waals surface area contributed by atoms with E-state index in [4.69, 9.17) is 10.5 Å². The van der Waals surface area contributed by atoms with Gasteiger partial charge in [-0.25, -0.2) is 0 Å². The largest absolute Gasteiger partial charge is 0.383 e. The molecule has 0 aromatic carbocycles. The second-order valence-electron chi connectivity index (χ2n) is 3.51. The second-order valence-corrected chi connectivity index (χ2v) is 3.51. The maximum Gasteiger partial charge on any atom is 0.126 e. The van der Waals surface area contributed by atoms with Crippen LogP contribution in [0.1, 0.15) is 20.3 Å². The highest BCUT2D eigenvalue weighted by Crippen LogP contribution is 2.25. The van der Waals surface area contributed by atoms with Gasteiger partial charge in [-0.15, -0.1) is 0 Å². The molecule has 0 radical (unpaired) electrons. The third kappa shape index (κ3) is 1.55. The zero-order valence-corrected chi connectivity index (χ0v) is 7.21. The molecule has 0 amide bonds. The summed E-state index contributed by atoms with van der Waals surface area (Å²) in [6, 6.07) is -0.138. The van der Waals surface area contributed by atoms with Gasteiger partial charge >= 0.3 is 0 Å². The van der Waals surface area contributed by atoms with E-state index in [1.807, 2.05) is 0 Å². The van der Waals surface area contributed by atoms with Gasteiger partial charge in [0.05, 0.1) is 13.2 Å². The summed E-state index contributed by atoms with van der Waals surface area (Å²) in [4.78, 5) is 0. The Labute approximate surface area is 67.5 Å². The Hall–Kier alpha value is -0.120. The molecule has 0 bridgehead atoms. The lowest BCUT2D eigenvalue weighted by molar-refractivity contribution is -0.195. The molecule has 3 N–H and O–H groups in total. The maximum absolute atomic E-state index is 9.73. The minimum atomic E-state index is -0.741. The summed E-state index contributed by atoms with van der Waals surface area (Å²) >= 11 is 0. The number of hydrogen-bond donors (Lipinski definition) is 2. The summed E-state index contributed by atoms with van der Waals surface area (Å²) in [7, 11) is 0. The van der Waals surface area contributed by atoms with Crippen molar-refractivity contribution in [1.82, 2.24) is 0 Å². The Kier molecular flexibility index (Phi) is 2.52. The fourth-order valence-corrected chi connectivity index (χ4v) is 1.29. The smallest absolute Gasteiger partial charge is 0.126 e. The SMILES string of the molecule is CC[C@H](C)[C@H](N)C1(O)COC1. The molecule has 1 aliphatic heterocycles. The molecule has 66 valence electrons. The zero-order chi connectivity index (χ0) is 8.48. The Morgan fingerprint density at radius 1 is 1.64 bits per heavy atom. The van der Waals surface area contributed by atoms with Crippen molar-refractivity contribution in [1.29, 1.82) is 0 Å². The minimum absolute atomic E-state index is 0.138. The molecule has 0 aromatic heterocycles. The third-order valence-electron chi connectivity index (χ3n) is 2.58. The van der Waals surface area contributed by atoms with Crippen molar-refractivity contribution < 1.29 is 9.84 Å². The molecular formula is C8H17NO2. The van der Waals surface area contributed by atoms with E-state index < -0.39 is 5.60 Å². The first kappa shape index (κ1) is 8.97. The van der Waals surface area contributed by atoms with Gasteiger partial charge in [0.15, 0.2) is 0 Å². The van der Waals surface area contributed by atoms with E-state index in [9.17, 15) is 5.11 Å². The van der Waals surface area contributed by atoms with E-state index in [1.165, 1.54) is 0 Å². The lowest BCUT2D eigenvalue weighted by Crippen LogP contribution is -2.63. The topological polar surface area (TPSA) is 55.5 Å². The van der Waals surface area contributed by atoms with Crippen LogP contribution >= 0.6 is 0 Å². The molecule has 0 saturated carbocycles. The van der Waals surface area contributed by atoms with Crippen LogP contribution in [-0.4, -0.2) is 30.0 Å². The van der Waals surface area contributed by atoms with Crippen LogP contribution in [0.25, 0.3) is 0 Å². The molecule has 0 spiro atoms. The molecule has 1 saturated heterocycles. The van der Waals surface area contributed by atoms with Crippen LogP contribution in [0.3, 0.4) is 0 Å². The van der Waals surface area contributed by atoms with Crippen LogP contribution in [0.4, 0.5) is 0 Å². The third-order valence-corrected chi connectivity index (χ3v) is 2.58. The Morgan fingerprint density at radius 3 is 2.45 bits per heavy atom. The quantitative estimate of drug-likeness (QED) is 0.615. The van der Waals surface area contributed by atoms with Crippen LogP contribution in [-0.2, 0) is 4.74 Å². The molecular weight excluding hydrogens is 142 g/mol. The lowest BCUT2D eigenvalue weighted by atomic mass is 9.83. The van der Waals surface area contributed by atoms with E-state index in [2.05, 4.69) is 13.8 Å². The molecule has 0 aromatic rings. The van der Waals surface area contributed by atoms with Gasteiger partial charge in [0.1, 0.15) is 5.60 Å². The van der Waals surface area contributed by atoms with Crippen molar-refractivity contribution in [2.24, 2.45) is 11.7 Å². The maximum atomic E-state index is 9.73. The zero-order valence-electron chi connectivity index (χ0n) is 7.21. The fourth-order valence-electron chi connectivity index (χ4n) is 1.29. The van der Waals surface area contributed by atoms with Gasteiger partial charge in [0.2, 0.25) is 0 Å². The molecule has 1 aliphatic rings. The van der Waals surface area contributed by atoms with Crippen molar-refractivity contribution in [2.45, 2.75) is 31.9 Å². The summed E-state index contributed by atoms with van der Waals surface area (Å²) in [6.07, 6.45) is 1.00. The van der Waals surface area contributed by atoms with E-state index in [0.29, 0.717) is 19.1 Å². The summed E-state index contributed by atoms with van der Waals surface area (Å²) in [5.41, 5.74) is 5.10. The Bertz CT molecular complexity index is 134. The molecule has 1 rings (SSSR count). The van der Waals surface area contributed by atoms with Gasteiger partial charge in [0.25, 0.3) is 0 Å². The molecule has 3 heteroatoms. The first-order valence-corrected chi connectivity index (χ1v) is 4.16. The minimum Gasteiger partial charge on any atom is -0.383 e. The first-order chi connectivity index (χ1) is 5.10. The molecule has 1 heterocycles. The van der Waals surface area contributed by atoms with Gasteiger partial charge in [-0.05, 0) is 5.92 Å². The molecule has 11 heavy (non-hydrogen) atoms. The van der Waals surface area contributed by atoms with Crippen molar-refractivity contribution in [3.05, 3.63) is 0 Å². The predicted octanol–water partition coefficient (Wildman–Crippen LogP) is 0.121. The number of aliphatic hydroxyl groups is 1. The molecule has 1 fully saturated rings. The highest BCUT2D eigenvalue weighted by molar-refractivity contribution is 4.96. The van der Waals surface area contributed by atoms with Crippen LogP contribution < -0.4 is 5.73 Å². The van der Waals surface area contributed by atoms with Crippen LogP contribution in [0.2, 0.25) is 0 Å². The molecule has 2 atom stereocenters. The standard InChI is InChI=1S/C8H17NO2/c1-3-6(2)7(9)8(10)4-11-5-8/h6-7,10H,3-5,9H2,1-2H3/t6-,7-/m0/s1. The van der Waals surface area contributed by atoms with Crippen LogP contribution in [0.15, 0.2) is 0 Å². The van der Waals surface area contributed by atoms with E-state index in [0.717, 1.165) is 6.42 Å². The Balaban J connectivity index is 2.45. The Morgan fingerprint density at radius 2 is 2.18 bits per heavy atom. The molecule has 3 nitrogen and oxygen atoms in total. The number of rotatable bonds is 3. The summed E-state index contributed by atoms with van der Waals surface area (Å²) in [5, 5.41) is 9.73. The van der Waals surface area contributed by atoms with E-state index in [1.54, 1.807) is 0 Å². The monoisotopic (exact) mass is 159 g/mol. The number of nitrogens with two attached hydrogens (primary N) is 1. The van der Waals surface area contributed by atoms with E-state index in [-0.39, 0.29) is 6.04 Å². The lowest BCUT2D eigenvalue weighted by Gasteiger charge is -2.43. The average Bonchev–Trinajstić information content (AvgIpc) is 1.97. The highest BCUT2D eigenvalue weighted by Gasteiger charge is 2.43. The van der Waals surface area contributed by atoms with Gasteiger partial charge in [-0.1, -0.05) is 20.3 Å². The predicted molar refractivity (Wildman–Crippen MR) is 43.2 cm³/mol. The summed E-state index contributed by atoms with van der Waals surface area (Å²) in [5.74, 6) is 0.365. The highest BCUT2D eigenvalue weighted by atomic mass is 16.5. The number of hydrogen-bond acceptors (Lipinski definition) is 3. The number of ether oxygens (including phenoxy) is 1. The van der Waals surface area contributed by atoms with Gasteiger partial charge in [-0.2, -0.15) is 0 Å². The fraction of sp³-hybridized carbons (Fsp3) is 1.00. The second kappa shape index (κ2) is 3.09. The van der Waals surface area contributed by atoms with Crippen molar-refractivity contribution in [3.8, 4) is 0 Å². The molecule has 0 unspecified atom stereocenters. The van der Waals surface area contributed by atoms with Gasteiger partial charge < -0.3 is 15.6 Å². The van der Waals surface area contributed by atoms with Crippen molar-refractivity contribution in [3.63, 3.8) is 0 Å². The molecule has 0 aliphatic carbocycles. The van der Waals surface area contributed by atoms with Gasteiger partial charge in [0, 0.05) is 6.04 Å². The van der Waals surface area contributed by atoms with Crippen LogP contribution in [0, 0.1) is 5.92 Å². The van der Waals surface area contributed by atoms with Crippen LogP contribution in [0.5, 0.6) is 0 Å². The summed E-state index contributed by atoms with van der Waals surface area (Å²) < 4.78 is 4.92. The van der Waals surface area contributed by atoms with Crippen molar-refractivity contribution >= 4 is 0 Å². The normalized spacial score (nSPS) is 27.3. The summed E-state index contributed by atoms with van der Waals surface area (Å²) in [6.45, 7) is 4.94. The van der Waals surface area contributed by atoms with Crippen molar-refractivity contribution in [2.75, 3.05) is 13.2 Å². The van der Waals surface area contributed by atoms with Gasteiger partial charge in [-0.3, -0.25) is 0 Å². The average molecular weight is 159 g/mol. The first-order valence-electron chi connectivity index (χ1n) is 4.16. The van der Waals surface area contributed by atoms with E-state index >= 15 is 0 Å².